The van der Waals surface area contributed by atoms with Crippen LogP contribution in [0, 0.1) is 0 Å². The van der Waals surface area contributed by atoms with Crippen LogP contribution in [-0.4, -0.2) is 56.1 Å². The van der Waals surface area contributed by atoms with E-state index in [4.69, 9.17) is 16.3 Å². The quantitative estimate of drug-likeness (QED) is 0.0878. The second-order valence-electron chi connectivity index (χ2n) is 9.43. The highest BCUT2D eigenvalue weighted by Crippen LogP contribution is 2.29. The van der Waals surface area contributed by atoms with E-state index in [1.807, 2.05) is 31.2 Å². The number of aryl methyl sites for hydroxylation is 1. The predicted molar refractivity (Wildman–Crippen MR) is 147 cm³/mol. The highest BCUT2D eigenvalue weighted by Gasteiger charge is 2.30. The molecule has 2 aromatic heterocycles. The number of amides is 2. The molecule has 43 heavy (non-hydrogen) atoms. The molecule has 1 aromatic carbocycles. The SMILES string of the molecule is CCCOc1cccc(CNC(=O)c2cn(CCC(F)CN(N)/C=C(\N)C(=O)NCc3cc(C(F)(F)F)ccn3)nn2)c1. The zero-order valence-electron chi connectivity index (χ0n) is 23.4. The Morgan fingerprint density at radius 3 is 2.72 bits per heavy atom. The maximum Gasteiger partial charge on any atom is 0.416 e. The molecule has 1 unspecified atom stereocenters. The number of carbonyl (C=O) groups excluding carboxylic acids is 2. The number of carbonyl (C=O) groups is 2. The van der Waals surface area contributed by atoms with Gasteiger partial charge in [-0.25, -0.2) is 10.2 Å². The standard InChI is InChI=1S/C27H33F4N9O3/c1-2-10-43-22-5-3-4-18(11-22)13-35-26(42)24-17-40(38-37-24)9-7-20(28)15-39(33)16-23(32)25(41)36-14-21-12-19(6-8-34-21)27(29,30)31/h3-6,8,11-12,16-17,20H,2,7,9-10,13-15,32-33H2,1H3,(H,35,42)(H,36,41)/b23-16-. The first-order valence-electron chi connectivity index (χ1n) is 13.3. The largest absolute Gasteiger partial charge is 0.494 e. The van der Waals surface area contributed by atoms with Gasteiger partial charge in [0.1, 0.15) is 17.6 Å². The summed E-state index contributed by atoms with van der Waals surface area (Å²) < 4.78 is 59.9. The van der Waals surface area contributed by atoms with E-state index >= 15 is 0 Å². The van der Waals surface area contributed by atoms with Crippen LogP contribution in [0.1, 0.15) is 47.1 Å². The summed E-state index contributed by atoms with van der Waals surface area (Å²) in [7, 11) is 0. The van der Waals surface area contributed by atoms with Crippen LogP contribution in [0.5, 0.6) is 5.75 Å². The third-order valence-corrected chi connectivity index (χ3v) is 5.82. The Hall–Kier alpha value is -4.73. The summed E-state index contributed by atoms with van der Waals surface area (Å²) in [5, 5.41) is 13.6. The number of nitrogens with two attached hydrogens (primary N) is 2. The number of rotatable bonds is 15. The predicted octanol–water partition coefficient (Wildman–Crippen LogP) is 2.43. The molecule has 2 amide bonds. The molecule has 0 radical (unpaired) electrons. The van der Waals surface area contributed by atoms with Crippen LogP contribution < -0.4 is 26.9 Å². The molecule has 0 spiro atoms. The van der Waals surface area contributed by atoms with Gasteiger partial charge >= 0.3 is 6.18 Å². The molecule has 3 rings (SSSR count). The van der Waals surface area contributed by atoms with E-state index in [1.165, 1.54) is 10.9 Å². The second-order valence-corrected chi connectivity index (χ2v) is 9.43. The molecule has 1 atom stereocenters. The van der Waals surface area contributed by atoms with Gasteiger partial charge in [-0.05, 0) is 36.2 Å². The fourth-order valence-corrected chi connectivity index (χ4v) is 3.66. The molecule has 16 heteroatoms. The Morgan fingerprint density at radius 1 is 1.19 bits per heavy atom. The highest BCUT2D eigenvalue weighted by molar-refractivity contribution is 5.92. The van der Waals surface area contributed by atoms with Crippen LogP contribution >= 0.6 is 0 Å². The van der Waals surface area contributed by atoms with E-state index in [1.54, 1.807) is 0 Å². The van der Waals surface area contributed by atoms with Crippen LogP contribution in [0.15, 0.2) is 60.7 Å². The first-order chi connectivity index (χ1) is 20.4. The number of hydrogen-bond acceptors (Lipinski definition) is 9. The Labute approximate surface area is 245 Å². The lowest BCUT2D eigenvalue weighted by Crippen LogP contribution is -2.36. The van der Waals surface area contributed by atoms with Crippen molar-refractivity contribution in [1.29, 1.82) is 0 Å². The molecule has 0 aliphatic carbocycles. The molecule has 0 saturated carbocycles. The summed E-state index contributed by atoms with van der Waals surface area (Å²) in [4.78, 5) is 28.4. The van der Waals surface area contributed by atoms with E-state index in [-0.39, 0.29) is 49.7 Å². The topological polar surface area (TPSA) is 166 Å². The van der Waals surface area contributed by atoms with Gasteiger partial charge in [-0.3, -0.25) is 19.3 Å². The number of hydrazine groups is 1. The molecule has 0 bridgehead atoms. The van der Waals surface area contributed by atoms with Crippen molar-refractivity contribution in [3.05, 3.63) is 83.2 Å². The van der Waals surface area contributed by atoms with Crippen molar-refractivity contribution in [2.45, 2.75) is 51.7 Å². The van der Waals surface area contributed by atoms with Gasteiger partial charge in [0.15, 0.2) is 5.69 Å². The molecule has 12 nitrogen and oxygen atoms in total. The number of hydrogen-bond donors (Lipinski definition) is 4. The number of halogens is 4. The molecular formula is C27H33F4N9O3. The van der Waals surface area contributed by atoms with Gasteiger partial charge in [0.25, 0.3) is 11.8 Å². The number of aromatic nitrogens is 4. The third kappa shape index (κ3) is 10.9. The van der Waals surface area contributed by atoms with Gasteiger partial charge in [0.05, 0.1) is 37.2 Å². The number of nitrogens with zero attached hydrogens (tertiary/aromatic N) is 5. The van der Waals surface area contributed by atoms with Gasteiger partial charge in [-0.1, -0.05) is 24.3 Å². The molecule has 2 heterocycles. The van der Waals surface area contributed by atoms with E-state index < -0.39 is 29.7 Å². The van der Waals surface area contributed by atoms with Gasteiger partial charge in [0.2, 0.25) is 0 Å². The smallest absolute Gasteiger partial charge is 0.416 e. The van der Waals surface area contributed by atoms with E-state index in [9.17, 15) is 27.2 Å². The normalized spacial score (nSPS) is 12.5. The van der Waals surface area contributed by atoms with Crippen LogP contribution in [0.2, 0.25) is 0 Å². The van der Waals surface area contributed by atoms with Crippen LogP contribution in [0.3, 0.4) is 0 Å². The molecule has 0 fully saturated rings. The van der Waals surface area contributed by atoms with E-state index in [0.29, 0.717) is 12.4 Å². The molecule has 0 aliphatic heterocycles. The number of alkyl halides is 4. The van der Waals surface area contributed by atoms with E-state index in [2.05, 4.69) is 25.9 Å². The third-order valence-electron chi connectivity index (χ3n) is 5.82. The summed E-state index contributed by atoms with van der Waals surface area (Å²) in [5.41, 5.74) is 5.28. The van der Waals surface area contributed by atoms with Crippen molar-refractivity contribution in [1.82, 2.24) is 35.6 Å². The lowest BCUT2D eigenvalue weighted by Gasteiger charge is -2.17. The molecule has 0 aliphatic rings. The van der Waals surface area contributed by atoms with Crippen molar-refractivity contribution in [3.8, 4) is 5.75 Å². The van der Waals surface area contributed by atoms with Crippen molar-refractivity contribution >= 4 is 11.8 Å². The Kier molecular flexibility index (Phi) is 11.8. The Bertz CT molecular complexity index is 1400. The fraction of sp³-hybridized carbons (Fsp3) is 0.370. The number of nitrogens with one attached hydrogen (secondary N) is 2. The average molecular weight is 608 g/mol. The van der Waals surface area contributed by atoms with Crippen molar-refractivity contribution in [2.24, 2.45) is 11.6 Å². The second kappa shape index (κ2) is 15.5. The minimum Gasteiger partial charge on any atom is -0.494 e. The number of benzene rings is 1. The maximum atomic E-state index is 14.5. The Morgan fingerprint density at radius 2 is 1.98 bits per heavy atom. The molecule has 6 N–H and O–H groups in total. The lowest BCUT2D eigenvalue weighted by atomic mass is 10.2. The minimum absolute atomic E-state index is 0.0270. The summed E-state index contributed by atoms with van der Waals surface area (Å²) in [6, 6.07) is 8.97. The van der Waals surface area contributed by atoms with Gasteiger partial charge in [-0.2, -0.15) is 13.2 Å². The monoisotopic (exact) mass is 607 g/mol. The van der Waals surface area contributed by atoms with Gasteiger partial charge in [-0.15, -0.1) is 5.10 Å². The van der Waals surface area contributed by atoms with Gasteiger partial charge < -0.3 is 26.1 Å². The summed E-state index contributed by atoms with van der Waals surface area (Å²) in [6.45, 7) is 2.31. The summed E-state index contributed by atoms with van der Waals surface area (Å²) >= 11 is 0. The molecule has 3 aromatic rings. The zero-order valence-corrected chi connectivity index (χ0v) is 23.4. The Balaban J connectivity index is 1.41. The van der Waals surface area contributed by atoms with Gasteiger partial charge in [0, 0.05) is 31.9 Å². The fourth-order valence-electron chi connectivity index (χ4n) is 3.66. The highest BCUT2D eigenvalue weighted by atomic mass is 19.4. The first kappa shape index (κ1) is 32.8. The lowest BCUT2D eigenvalue weighted by molar-refractivity contribution is -0.137. The molecule has 232 valence electrons. The van der Waals surface area contributed by atoms with Crippen molar-refractivity contribution < 1.29 is 31.9 Å². The maximum absolute atomic E-state index is 14.5. The van der Waals surface area contributed by atoms with Crippen LogP contribution in [0.25, 0.3) is 0 Å². The average Bonchev–Trinajstić information content (AvgIpc) is 3.45. The number of ether oxygens (including phenoxy) is 1. The van der Waals surface area contributed by atoms with Crippen molar-refractivity contribution in [2.75, 3.05) is 13.2 Å². The molecule has 0 saturated heterocycles. The minimum atomic E-state index is -4.55. The van der Waals surface area contributed by atoms with Crippen molar-refractivity contribution in [3.63, 3.8) is 0 Å². The first-order valence-corrected chi connectivity index (χ1v) is 13.3. The molecular weight excluding hydrogens is 574 g/mol. The summed E-state index contributed by atoms with van der Waals surface area (Å²) in [5.74, 6) is 5.18. The zero-order chi connectivity index (χ0) is 31.4. The van der Waals surface area contributed by atoms with Crippen LogP contribution in [0.4, 0.5) is 17.6 Å². The number of pyridine rings is 1. The van der Waals surface area contributed by atoms with E-state index in [0.717, 1.165) is 41.5 Å². The summed E-state index contributed by atoms with van der Waals surface area (Å²) in [6.07, 6.45) is -1.79. The van der Waals surface area contributed by atoms with Crippen LogP contribution in [-0.2, 0) is 30.6 Å².